The van der Waals surface area contributed by atoms with Crippen molar-refractivity contribution in [1.29, 1.82) is 0 Å². The van der Waals surface area contributed by atoms with Gasteiger partial charge in [-0.1, -0.05) is 0 Å². The number of nitrogens with two attached hydrogens (primary N) is 1. The van der Waals surface area contributed by atoms with Crippen LogP contribution < -0.4 is 16.4 Å². The zero-order valence-corrected chi connectivity index (χ0v) is 9.71. The number of hydrogen-bond donors (Lipinski definition) is 3. The molecule has 88 valence electrons. The highest BCUT2D eigenvalue weighted by molar-refractivity contribution is 5.72. The van der Waals surface area contributed by atoms with E-state index in [1.165, 1.54) is 6.92 Å². The molecule has 4 N–H and O–H groups in total. The summed E-state index contributed by atoms with van der Waals surface area (Å²) in [5.41, 5.74) is 7.33. The minimum absolute atomic E-state index is 0.00630. The Morgan fingerprint density at radius 1 is 1.44 bits per heavy atom. The Balaban J connectivity index is 2.31. The lowest BCUT2D eigenvalue weighted by Crippen LogP contribution is -2.23. The van der Waals surface area contributed by atoms with Crippen LogP contribution in [0.1, 0.15) is 19.0 Å². The van der Waals surface area contributed by atoms with E-state index in [2.05, 4.69) is 15.6 Å². The zero-order valence-electron chi connectivity index (χ0n) is 9.71. The van der Waals surface area contributed by atoms with E-state index in [1.54, 1.807) is 0 Å². The highest BCUT2D eigenvalue weighted by atomic mass is 16.1. The molecule has 0 aromatic carbocycles. The fraction of sp³-hybridized carbons (Fsp3) is 0.455. The lowest BCUT2D eigenvalue weighted by atomic mass is 10.3. The highest BCUT2D eigenvalue weighted by Crippen LogP contribution is 2.14. The number of amides is 1. The smallest absolute Gasteiger partial charge is 0.216 e. The summed E-state index contributed by atoms with van der Waals surface area (Å²) in [6.45, 7) is 4.82. The SMILES string of the molecule is CC(=O)NCCCNc1nc(C)ccc1N. The molecule has 0 unspecified atom stereocenters. The third kappa shape index (κ3) is 4.16. The van der Waals surface area contributed by atoms with E-state index < -0.39 is 0 Å². The second kappa shape index (κ2) is 5.95. The largest absolute Gasteiger partial charge is 0.396 e. The Morgan fingerprint density at radius 2 is 2.19 bits per heavy atom. The normalized spacial score (nSPS) is 9.88. The third-order valence-electron chi connectivity index (χ3n) is 2.09. The molecule has 1 aromatic heterocycles. The zero-order chi connectivity index (χ0) is 12.0. The van der Waals surface area contributed by atoms with Crippen LogP contribution in [0.15, 0.2) is 12.1 Å². The van der Waals surface area contributed by atoms with Crippen LogP contribution in [0.5, 0.6) is 0 Å². The van der Waals surface area contributed by atoms with Crippen molar-refractivity contribution in [1.82, 2.24) is 10.3 Å². The van der Waals surface area contributed by atoms with Crippen LogP contribution in [0.4, 0.5) is 11.5 Å². The molecule has 1 heterocycles. The molecule has 0 fully saturated rings. The number of carbonyl (C=O) groups excluding carboxylic acids is 1. The topological polar surface area (TPSA) is 80.0 Å². The predicted molar refractivity (Wildman–Crippen MR) is 65.2 cm³/mol. The van der Waals surface area contributed by atoms with E-state index in [-0.39, 0.29) is 5.91 Å². The van der Waals surface area contributed by atoms with Crippen LogP contribution >= 0.6 is 0 Å². The number of rotatable bonds is 5. The first kappa shape index (κ1) is 12.3. The summed E-state index contributed by atoms with van der Waals surface area (Å²) in [5.74, 6) is 0.705. The highest BCUT2D eigenvalue weighted by Gasteiger charge is 1.99. The van der Waals surface area contributed by atoms with Crippen LogP contribution in [0.2, 0.25) is 0 Å². The van der Waals surface area contributed by atoms with Gasteiger partial charge in [0.15, 0.2) is 0 Å². The molecule has 0 aliphatic rings. The number of carbonyl (C=O) groups is 1. The number of pyridine rings is 1. The summed E-state index contributed by atoms with van der Waals surface area (Å²) in [6, 6.07) is 3.70. The Morgan fingerprint density at radius 3 is 2.88 bits per heavy atom. The number of nitrogens with zero attached hydrogens (tertiary/aromatic N) is 1. The van der Waals surface area contributed by atoms with E-state index in [4.69, 9.17) is 5.73 Å². The summed E-state index contributed by atoms with van der Waals surface area (Å²) in [5, 5.41) is 5.87. The summed E-state index contributed by atoms with van der Waals surface area (Å²) in [4.78, 5) is 14.9. The number of anilines is 2. The second-order valence-electron chi connectivity index (χ2n) is 3.65. The van der Waals surface area contributed by atoms with Gasteiger partial charge in [0.05, 0.1) is 5.69 Å². The van der Waals surface area contributed by atoms with Crippen LogP contribution in [-0.2, 0) is 4.79 Å². The Bertz CT molecular complexity index is 365. The van der Waals surface area contributed by atoms with Gasteiger partial charge in [-0.15, -0.1) is 0 Å². The molecule has 1 aromatic rings. The number of nitrogens with one attached hydrogen (secondary N) is 2. The van der Waals surface area contributed by atoms with E-state index in [1.807, 2.05) is 19.1 Å². The molecule has 16 heavy (non-hydrogen) atoms. The third-order valence-corrected chi connectivity index (χ3v) is 2.09. The van der Waals surface area contributed by atoms with Gasteiger partial charge in [0, 0.05) is 25.7 Å². The molecule has 1 rings (SSSR count). The maximum atomic E-state index is 10.6. The summed E-state index contributed by atoms with van der Waals surface area (Å²) >= 11 is 0. The molecule has 0 aliphatic heterocycles. The van der Waals surface area contributed by atoms with Gasteiger partial charge in [0.25, 0.3) is 0 Å². The van der Waals surface area contributed by atoms with E-state index in [9.17, 15) is 4.79 Å². The van der Waals surface area contributed by atoms with Crippen LogP contribution in [0, 0.1) is 6.92 Å². The fourth-order valence-electron chi connectivity index (χ4n) is 1.27. The molecule has 0 saturated carbocycles. The number of hydrogen-bond acceptors (Lipinski definition) is 4. The van der Waals surface area contributed by atoms with Gasteiger partial charge in [0.1, 0.15) is 5.82 Å². The first-order valence-electron chi connectivity index (χ1n) is 5.31. The van der Waals surface area contributed by atoms with Gasteiger partial charge in [-0.2, -0.15) is 0 Å². The van der Waals surface area contributed by atoms with Gasteiger partial charge in [-0.05, 0) is 25.5 Å². The number of nitrogen functional groups attached to an aromatic ring is 1. The molecular weight excluding hydrogens is 204 g/mol. The van der Waals surface area contributed by atoms with Gasteiger partial charge in [-0.25, -0.2) is 4.98 Å². The molecule has 0 radical (unpaired) electrons. The maximum Gasteiger partial charge on any atom is 0.216 e. The van der Waals surface area contributed by atoms with Crippen LogP contribution in [-0.4, -0.2) is 24.0 Å². The molecular formula is C11H18N4O. The molecule has 5 heteroatoms. The Hall–Kier alpha value is -1.78. The summed E-state index contributed by atoms with van der Waals surface area (Å²) in [7, 11) is 0. The monoisotopic (exact) mass is 222 g/mol. The lowest BCUT2D eigenvalue weighted by molar-refractivity contribution is -0.118. The minimum Gasteiger partial charge on any atom is -0.396 e. The van der Waals surface area contributed by atoms with Gasteiger partial charge < -0.3 is 16.4 Å². The lowest BCUT2D eigenvalue weighted by Gasteiger charge is -2.08. The quantitative estimate of drug-likeness (QED) is 0.647. The van der Waals surface area contributed by atoms with Crippen molar-refractivity contribution < 1.29 is 4.79 Å². The minimum atomic E-state index is -0.00630. The van der Waals surface area contributed by atoms with Gasteiger partial charge >= 0.3 is 0 Å². The standard InChI is InChI=1S/C11H18N4O/c1-8-4-5-10(12)11(15-8)14-7-3-6-13-9(2)16/h4-5H,3,6-7,12H2,1-2H3,(H,13,16)(H,14,15). The molecule has 5 nitrogen and oxygen atoms in total. The van der Waals surface area contributed by atoms with E-state index in [0.29, 0.717) is 18.1 Å². The van der Waals surface area contributed by atoms with Crippen molar-refractivity contribution in [2.45, 2.75) is 20.3 Å². The van der Waals surface area contributed by atoms with Gasteiger partial charge in [-0.3, -0.25) is 4.79 Å². The maximum absolute atomic E-state index is 10.6. The first-order valence-corrected chi connectivity index (χ1v) is 5.31. The first-order chi connectivity index (χ1) is 7.59. The van der Waals surface area contributed by atoms with E-state index in [0.717, 1.165) is 18.7 Å². The van der Waals surface area contributed by atoms with Crippen molar-refractivity contribution in [3.63, 3.8) is 0 Å². The average molecular weight is 222 g/mol. The van der Waals surface area contributed by atoms with Gasteiger partial charge in [0.2, 0.25) is 5.91 Å². The summed E-state index contributed by atoms with van der Waals surface area (Å²) in [6.07, 6.45) is 0.842. The molecule has 0 aliphatic carbocycles. The molecule has 0 atom stereocenters. The molecule has 0 saturated heterocycles. The average Bonchev–Trinajstić information content (AvgIpc) is 2.22. The van der Waals surface area contributed by atoms with Crippen LogP contribution in [0.3, 0.4) is 0 Å². The van der Waals surface area contributed by atoms with Crippen LogP contribution in [0.25, 0.3) is 0 Å². The summed E-state index contributed by atoms with van der Waals surface area (Å²) < 4.78 is 0. The molecule has 1 amide bonds. The number of aryl methyl sites for hydroxylation is 1. The number of aromatic nitrogens is 1. The molecule has 0 bridgehead atoms. The van der Waals surface area contributed by atoms with E-state index >= 15 is 0 Å². The fourth-order valence-corrected chi connectivity index (χ4v) is 1.27. The Labute approximate surface area is 95.4 Å². The molecule has 0 spiro atoms. The van der Waals surface area contributed by atoms with Crippen molar-refractivity contribution in [3.05, 3.63) is 17.8 Å². The van der Waals surface area contributed by atoms with Crippen molar-refractivity contribution in [2.24, 2.45) is 0 Å². The van der Waals surface area contributed by atoms with Crippen molar-refractivity contribution in [2.75, 3.05) is 24.1 Å². The van der Waals surface area contributed by atoms with Crippen molar-refractivity contribution in [3.8, 4) is 0 Å². The predicted octanol–water partition coefficient (Wildman–Crippen LogP) is 0.910. The van der Waals surface area contributed by atoms with Crippen molar-refractivity contribution >= 4 is 17.4 Å². The second-order valence-corrected chi connectivity index (χ2v) is 3.65. The Kier molecular flexibility index (Phi) is 4.57.